The molecule has 39 heavy (non-hydrogen) atoms. The fourth-order valence-electron chi connectivity index (χ4n) is 5.14. The highest BCUT2D eigenvalue weighted by Gasteiger charge is 2.45. The molecule has 0 radical (unpaired) electrons. The minimum atomic E-state index is -0.775. The lowest BCUT2D eigenvalue weighted by molar-refractivity contribution is 0.0601. The second-order valence-electron chi connectivity index (χ2n) is 9.82. The minimum absolute atomic E-state index is 0.0452. The van der Waals surface area contributed by atoms with Crippen LogP contribution in [-0.2, 0) is 5.54 Å². The van der Waals surface area contributed by atoms with Crippen LogP contribution in [0.4, 0.5) is 13.2 Å². The molecule has 1 atom stereocenters. The molecule has 0 bridgehead atoms. The van der Waals surface area contributed by atoms with Gasteiger partial charge in [-0.1, -0.05) is 23.7 Å². The summed E-state index contributed by atoms with van der Waals surface area (Å²) in [4.78, 5) is 29.1. The number of aromatic amines is 1. The predicted molar refractivity (Wildman–Crippen MR) is 146 cm³/mol. The number of fused-ring (bicyclic) bond motifs is 1. The van der Waals surface area contributed by atoms with Gasteiger partial charge in [-0.3, -0.25) is 4.79 Å². The molecule has 1 amide bonds. The van der Waals surface area contributed by atoms with Crippen LogP contribution in [0.15, 0.2) is 54.6 Å². The summed E-state index contributed by atoms with van der Waals surface area (Å²) in [6.45, 7) is 4.30. The van der Waals surface area contributed by atoms with Gasteiger partial charge >= 0.3 is 0 Å². The van der Waals surface area contributed by atoms with Crippen molar-refractivity contribution in [2.24, 2.45) is 0 Å². The van der Waals surface area contributed by atoms with Gasteiger partial charge in [0.1, 0.15) is 34.0 Å². The number of benzene rings is 3. The average Bonchev–Trinajstić information content (AvgIpc) is 3.65. The minimum Gasteiger partial charge on any atom is -0.340 e. The molecule has 5 nitrogen and oxygen atoms in total. The van der Waals surface area contributed by atoms with Crippen molar-refractivity contribution in [3.8, 4) is 21.0 Å². The Kier molecular flexibility index (Phi) is 6.23. The molecule has 1 aliphatic heterocycles. The lowest BCUT2D eigenvalue weighted by Crippen LogP contribution is -2.44. The normalized spacial score (nSPS) is 17.3. The van der Waals surface area contributed by atoms with Crippen molar-refractivity contribution in [3.63, 3.8) is 0 Å². The van der Waals surface area contributed by atoms with Gasteiger partial charge in [0.05, 0.1) is 21.4 Å². The number of rotatable bonds is 4. The van der Waals surface area contributed by atoms with Gasteiger partial charge < -0.3 is 9.88 Å². The van der Waals surface area contributed by atoms with E-state index in [1.54, 1.807) is 23.1 Å². The zero-order valence-electron chi connectivity index (χ0n) is 21.0. The summed E-state index contributed by atoms with van der Waals surface area (Å²) < 4.78 is 42.4. The van der Waals surface area contributed by atoms with E-state index < -0.39 is 23.0 Å². The van der Waals surface area contributed by atoms with E-state index in [2.05, 4.69) is 9.97 Å². The lowest BCUT2D eigenvalue weighted by atomic mass is 9.97. The number of nitrogens with zero attached hydrogens (tertiary/aromatic N) is 3. The van der Waals surface area contributed by atoms with E-state index in [0.29, 0.717) is 34.3 Å². The number of halogens is 4. The second kappa shape index (κ2) is 9.50. The van der Waals surface area contributed by atoms with Gasteiger partial charge in [-0.05, 0) is 80.3 Å². The maximum Gasteiger partial charge on any atom is 0.274 e. The molecule has 0 unspecified atom stereocenters. The number of thiazole rings is 1. The van der Waals surface area contributed by atoms with Crippen molar-refractivity contribution in [3.05, 3.63) is 94.2 Å². The van der Waals surface area contributed by atoms with Crippen molar-refractivity contribution in [1.82, 2.24) is 19.9 Å². The molecular weight excluding hydrogens is 545 g/mol. The maximum absolute atomic E-state index is 14.7. The Morgan fingerprint density at radius 3 is 2.56 bits per heavy atom. The number of imidazole rings is 1. The molecule has 6 rings (SSSR count). The van der Waals surface area contributed by atoms with Gasteiger partial charge in [0.25, 0.3) is 5.91 Å². The smallest absolute Gasteiger partial charge is 0.274 e. The molecule has 10 heteroatoms. The molecule has 1 N–H and O–H groups in total. The third kappa shape index (κ3) is 4.30. The Bertz CT molecular complexity index is 1750. The van der Waals surface area contributed by atoms with Crippen molar-refractivity contribution < 1.29 is 18.0 Å². The number of hydrogen-bond acceptors (Lipinski definition) is 4. The number of carbonyl (C=O) groups excluding carboxylic acids is 1. The third-order valence-electron chi connectivity index (χ3n) is 7.33. The number of aryl methyl sites for hydroxylation is 1. The molecule has 0 saturated carbocycles. The standard InChI is InChI=1S/C29H22ClF3N4OS/c1-15-20(30)9-11-22-23(15)36-28(34-22)29(2)12-3-13-37(29)27(38)24-25(16-4-6-17(31)7-5-16)39-26(35-24)19-14-18(32)8-10-21(19)33/h4-11,14H,3,12-13H2,1-2H3,(H,34,36)/t29-/m0/s1. The summed E-state index contributed by atoms with van der Waals surface area (Å²) in [5.41, 5.74) is 2.22. The Morgan fingerprint density at radius 1 is 1.05 bits per heavy atom. The third-order valence-corrected chi connectivity index (χ3v) is 8.88. The van der Waals surface area contributed by atoms with E-state index >= 15 is 0 Å². The van der Waals surface area contributed by atoms with Crippen LogP contribution >= 0.6 is 22.9 Å². The Labute approximate surface area is 231 Å². The van der Waals surface area contributed by atoms with Gasteiger partial charge in [-0.15, -0.1) is 11.3 Å². The molecule has 0 spiro atoms. The lowest BCUT2D eigenvalue weighted by Gasteiger charge is -2.33. The fraction of sp³-hybridized carbons (Fsp3) is 0.207. The molecule has 1 fully saturated rings. The van der Waals surface area contributed by atoms with Gasteiger partial charge in [0.2, 0.25) is 0 Å². The molecular formula is C29H22ClF3N4OS. The second-order valence-corrected chi connectivity index (χ2v) is 11.2. The predicted octanol–water partition coefficient (Wildman–Crippen LogP) is 7.88. The zero-order valence-corrected chi connectivity index (χ0v) is 22.6. The van der Waals surface area contributed by atoms with Crippen LogP contribution < -0.4 is 0 Å². The van der Waals surface area contributed by atoms with Crippen LogP contribution in [0.3, 0.4) is 0 Å². The van der Waals surface area contributed by atoms with Crippen LogP contribution in [-0.4, -0.2) is 32.3 Å². The van der Waals surface area contributed by atoms with Gasteiger partial charge in [-0.25, -0.2) is 23.1 Å². The fourth-order valence-corrected chi connectivity index (χ4v) is 6.38. The molecule has 5 aromatic rings. The first-order chi connectivity index (χ1) is 18.7. The number of carbonyl (C=O) groups is 1. The quantitative estimate of drug-likeness (QED) is 0.241. The summed E-state index contributed by atoms with van der Waals surface area (Å²) in [6.07, 6.45) is 1.40. The Hall–Kier alpha value is -3.69. The van der Waals surface area contributed by atoms with Crippen LogP contribution in [0.1, 0.15) is 41.6 Å². The van der Waals surface area contributed by atoms with E-state index in [1.807, 2.05) is 19.9 Å². The van der Waals surface area contributed by atoms with Crippen LogP contribution in [0.25, 0.3) is 32.0 Å². The first-order valence-corrected chi connectivity index (χ1v) is 13.5. The summed E-state index contributed by atoms with van der Waals surface area (Å²) in [5, 5.41) is 0.762. The van der Waals surface area contributed by atoms with Gasteiger partial charge in [0.15, 0.2) is 0 Å². The van der Waals surface area contributed by atoms with E-state index in [1.165, 1.54) is 12.1 Å². The molecule has 1 aliphatic rings. The molecule has 3 aromatic carbocycles. The Balaban J connectivity index is 1.47. The highest BCUT2D eigenvalue weighted by molar-refractivity contribution is 7.18. The monoisotopic (exact) mass is 566 g/mol. The SMILES string of the molecule is Cc1c(Cl)ccc2[nH]c([C@]3(C)CCCN3C(=O)c3nc(-c4cc(F)ccc4F)sc3-c3ccc(F)cc3)nc12. The van der Waals surface area contributed by atoms with Gasteiger partial charge in [-0.2, -0.15) is 0 Å². The molecule has 198 valence electrons. The number of likely N-dealkylation sites (tertiary alicyclic amines) is 1. The highest BCUT2D eigenvalue weighted by atomic mass is 35.5. The first-order valence-electron chi connectivity index (χ1n) is 12.3. The number of amides is 1. The highest BCUT2D eigenvalue weighted by Crippen LogP contribution is 2.43. The van der Waals surface area contributed by atoms with Crippen molar-refractivity contribution >= 4 is 39.9 Å². The first kappa shape index (κ1) is 25.6. The maximum atomic E-state index is 14.7. The van der Waals surface area contributed by atoms with Crippen molar-refractivity contribution in [2.75, 3.05) is 6.54 Å². The summed E-state index contributed by atoms with van der Waals surface area (Å²) >= 11 is 7.37. The van der Waals surface area contributed by atoms with Crippen LogP contribution in [0.2, 0.25) is 5.02 Å². The number of nitrogens with one attached hydrogen (secondary N) is 1. The van der Waals surface area contributed by atoms with E-state index in [0.717, 1.165) is 52.6 Å². The van der Waals surface area contributed by atoms with E-state index in [4.69, 9.17) is 16.6 Å². The number of aromatic nitrogens is 3. The Morgan fingerprint density at radius 2 is 1.79 bits per heavy atom. The average molecular weight is 567 g/mol. The molecule has 2 aromatic heterocycles. The summed E-state index contributed by atoms with van der Waals surface area (Å²) in [7, 11) is 0. The van der Waals surface area contributed by atoms with E-state index in [-0.39, 0.29) is 22.2 Å². The van der Waals surface area contributed by atoms with E-state index in [9.17, 15) is 18.0 Å². The molecule has 3 heterocycles. The van der Waals surface area contributed by atoms with Gasteiger partial charge in [0, 0.05) is 17.1 Å². The van der Waals surface area contributed by atoms with Crippen LogP contribution in [0, 0.1) is 24.4 Å². The zero-order chi connectivity index (χ0) is 27.5. The summed E-state index contributed by atoms with van der Waals surface area (Å²) in [6, 6.07) is 12.4. The topological polar surface area (TPSA) is 61.9 Å². The van der Waals surface area contributed by atoms with Crippen molar-refractivity contribution in [1.29, 1.82) is 0 Å². The molecule has 0 aliphatic carbocycles. The number of hydrogen-bond donors (Lipinski definition) is 1. The largest absolute Gasteiger partial charge is 0.340 e. The van der Waals surface area contributed by atoms with Crippen molar-refractivity contribution in [2.45, 2.75) is 32.2 Å². The van der Waals surface area contributed by atoms with Crippen LogP contribution in [0.5, 0.6) is 0 Å². The molecule has 1 saturated heterocycles. The number of H-pyrrole nitrogens is 1. The summed E-state index contributed by atoms with van der Waals surface area (Å²) in [5.74, 6) is -1.45.